The molecular weight excluding hydrogens is 331 g/mol. The molecule has 1 heterocycles. The van der Waals surface area contributed by atoms with Gasteiger partial charge in [-0.2, -0.15) is 4.39 Å². The second kappa shape index (κ2) is 5.79. The Hall–Kier alpha value is -2.28. The van der Waals surface area contributed by atoms with Crippen LogP contribution in [0.25, 0.3) is 0 Å². The number of hydrogen-bond donors (Lipinski definition) is 2. The largest absolute Gasteiger partial charge is 0.478 e. The van der Waals surface area contributed by atoms with Gasteiger partial charge in [0.25, 0.3) is 5.91 Å². The van der Waals surface area contributed by atoms with Crippen molar-refractivity contribution in [1.82, 2.24) is 4.98 Å². The minimum absolute atomic E-state index is 0.0632. The highest BCUT2D eigenvalue weighted by Crippen LogP contribution is 2.27. The molecule has 0 atom stereocenters. The van der Waals surface area contributed by atoms with Crippen molar-refractivity contribution in [3.8, 4) is 0 Å². The highest BCUT2D eigenvalue weighted by molar-refractivity contribution is 9.10. The molecule has 7 heteroatoms. The van der Waals surface area contributed by atoms with E-state index in [1.807, 2.05) is 0 Å². The lowest BCUT2D eigenvalue weighted by Gasteiger charge is -2.10. The van der Waals surface area contributed by atoms with Crippen molar-refractivity contribution in [2.45, 2.75) is 0 Å². The molecule has 0 aliphatic rings. The van der Waals surface area contributed by atoms with Crippen molar-refractivity contribution in [3.05, 3.63) is 58.1 Å². The average molecular weight is 339 g/mol. The Labute approximate surface area is 121 Å². The lowest BCUT2D eigenvalue weighted by molar-refractivity contribution is 0.0698. The number of carbonyl (C=O) groups is 2. The first kappa shape index (κ1) is 14.1. The van der Waals surface area contributed by atoms with Crippen molar-refractivity contribution in [2.24, 2.45) is 0 Å². The molecule has 0 aliphatic heterocycles. The molecule has 1 aromatic carbocycles. The van der Waals surface area contributed by atoms with Gasteiger partial charge >= 0.3 is 5.97 Å². The van der Waals surface area contributed by atoms with Crippen molar-refractivity contribution in [3.63, 3.8) is 0 Å². The van der Waals surface area contributed by atoms with Gasteiger partial charge in [0.05, 0.1) is 16.8 Å². The van der Waals surface area contributed by atoms with Gasteiger partial charge in [-0.3, -0.25) is 4.79 Å². The van der Waals surface area contributed by atoms with Gasteiger partial charge in [0.2, 0.25) is 5.95 Å². The van der Waals surface area contributed by atoms with Crippen LogP contribution in [0.3, 0.4) is 0 Å². The molecule has 0 spiro atoms. The van der Waals surface area contributed by atoms with E-state index in [4.69, 9.17) is 5.11 Å². The maximum atomic E-state index is 13.4. The summed E-state index contributed by atoms with van der Waals surface area (Å²) >= 11 is 3.15. The molecule has 1 amide bonds. The number of rotatable bonds is 3. The first-order chi connectivity index (χ1) is 9.50. The number of nitrogens with one attached hydrogen (secondary N) is 1. The summed E-state index contributed by atoms with van der Waals surface area (Å²) < 4.78 is 13.8. The molecule has 0 unspecified atom stereocenters. The summed E-state index contributed by atoms with van der Waals surface area (Å²) in [6.45, 7) is 0. The zero-order chi connectivity index (χ0) is 14.7. The van der Waals surface area contributed by atoms with Gasteiger partial charge in [-0.15, -0.1) is 0 Å². The number of pyridine rings is 1. The number of aromatic carboxylic acids is 1. The van der Waals surface area contributed by atoms with Gasteiger partial charge in [-0.05, 0) is 40.2 Å². The molecule has 102 valence electrons. The van der Waals surface area contributed by atoms with Gasteiger partial charge in [0, 0.05) is 10.7 Å². The van der Waals surface area contributed by atoms with Crippen molar-refractivity contribution >= 4 is 33.5 Å². The molecule has 2 rings (SSSR count). The summed E-state index contributed by atoms with van der Waals surface area (Å²) in [6, 6.07) is 7.10. The standard InChI is InChI=1S/C13H8BrFN2O3/c14-9-5-1-3-7(13(19)20)10(9)17-12(18)8-4-2-6-16-11(8)15/h1-6H,(H,17,18)(H,19,20). The fourth-order valence-corrected chi connectivity index (χ4v) is 2.03. The monoisotopic (exact) mass is 338 g/mol. The van der Waals surface area contributed by atoms with Crippen LogP contribution >= 0.6 is 15.9 Å². The Morgan fingerprint density at radius 2 is 1.90 bits per heavy atom. The lowest BCUT2D eigenvalue weighted by atomic mass is 10.1. The predicted molar refractivity (Wildman–Crippen MR) is 73.2 cm³/mol. The first-order valence-electron chi connectivity index (χ1n) is 5.44. The van der Waals surface area contributed by atoms with E-state index in [0.29, 0.717) is 4.47 Å². The van der Waals surface area contributed by atoms with Crippen LogP contribution in [-0.4, -0.2) is 22.0 Å². The van der Waals surface area contributed by atoms with E-state index < -0.39 is 17.8 Å². The van der Waals surface area contributed by atoms with E-state index in [9.17, 15) is 14.0 Å². The van der Waals surface area contributed by atoms with E-state index in [2.05, 4.69) is 26.2 Å². The molecule has 0 radical (unpaired) electrons. The fourth-order valence-electron chi connectivity index (χ4n) is 1.57. The predicted octanol–water partition coefficient (Wildman–Crippen LogP) is 2.93. The smallest absolute Gasteiger partial charge is 0.337 e. The second-order valence-corrected chi connectivity index (χ2v) is 4.62. The molecule has 0 bridgehead atoms. The molecular formula is C13H8BrFN2O3. The lowest BCUT2D eigenvalue weighted by Crippen LogP contribution is -2.17. The van der Waals surface area contributed by atoms with Crippen LogP contribution in [0.15, 0.2) is 41.0 Å². The third-order valence-corrected chi connectivity index (χ3v) is 3.15. The van der Waals surface area contributed by atoms with Gasteiger partial charge in [-0.25, -0.2) is 9.78 Å². The van der Waals surface area contributed by atoms with Crippen LogP contribution in [-0.2, 0) is 0 Å². The number of hydrogen-bond acceptors (Lipinski definition) is 3. The highest BCUT2D eigenvalue weighted by atomic mass is 79.9. The molecule has 0 saturated heterocycles. The third kappa shape index (κ3) is 2.83. The third-order valence-electron chi connectivity index (χ3n) is 2.49. The summed E-state index contributed by atoms with van der Waals surface area (Å²) in [5, 5.41) is 11.4. The fraction of sp³-hybridized carbons (Fsp3) is 0. The summed E-state index contributed by atoms with van der Waals surface area (Å²) in [7, 11) is 0. The van der Waals surface area contributed by atoms with E-state index in [0.717, 1.165) is 0 Å². The van der Waals surface area contributed by atoms with E-state index in [1.54, 1.807) is 6.07 Å². The number of carboxylic acids is 1. The van der Waals surface area contributed by atoms with E-state index in [1.165, 1.54) is 30.5 Å². The Morgan fingerprint density at radius 3 is 2.55 bits per heavy atom. The Balaban J connectivity index is 2.38. The minimum Gasteiger partial charge on any atom is -0.478 e. The van der Waals surface area contributed by atoms with Crippen LogP contribution in [0.4, 0.5) is 10.1 Å². The number of carboxylic acid groups (broad SMARTS) is 1. The van der Waals surface area contributed by atoms with Gasteiger partial charge in [0.15, 0.2) is 0 Å². The van der Waals surface area contributed by atoms with E-state index >= 15 is 0 Å². The maximum Gasteiger partial charge on any atom is 0.337 e. The average Bonchev–Trinajstić information content (AvgIpc) is 2.41. The van der Waals surface area contributed by atoms with E-state index in [-0.39, 0.29) is 16.8 Å². The number of halogens is 2. The molecule has 5 nitrogen and oxygen atoms in total. The molecule has 0 aliphatic carbocycles. The molecule has 1 aromatic heterocycles. The SMILES string of the molecule is O=C(Nc1c(Br)cccc1C(=O)O)c1cccnc1F. The Bertz CT molecular complexity index is 691. The molecule has 20 heavy (non-hydrogen) atoms. The number of nitrogens with zero attached hydrogens (tertiary/aromatic N) is 1. The number of benzene rings is 1. The van der Waals surface area contributed by atoms with Crippen LogP contribution in [0.5, 0.6) is 0 Å². The molecule has 2 N–H and O–H groups in total. The van der Waals surface area contributed by atoms with Crippen LogP contribution in [0.2, 0.25) is 0 Å². The summed E-state index contributed by atoms with van der Waals surface area (Å²) in [5.74, 6) is -2.90. The van der Waals surface area contributed by atoms with Gasteiger partial charge in [0.1, 0.15) is 0 Å². The summed E-state index contributed by atoms with van der Waals surface area (Å²) in [4.78, 5) is 26.4. The Morgan fingerprint density at radius 1 is 1.20 bits per heavy atom. The zero-order valence-corrected chi connectivity index (χ0v) is 11.5. The summed E-state index contributed by atoms with van der Waals surface area (Å²) in [5.41, 5.74) is -0.301. The van der Waals surface area contributed by atoms with Crippen LogP contribution in [0.1, 0.15) is 20.7 Å². The molecule has 0 saturated carbocycles. The normalized spacial score (nSPS) is 10.1. The number of carbonyl (C=O) groups excluding carboxylic acids is 1. The number of anilines is 1. The summed E-state index contributed by atoms with van der Waals surface area (Å²) in [6.07, 6.45) is 1.22. The second-order valence-electron chi connectivity index (χ2n) is 3.76. The minimum atomic E-state index is -1.20. The number of aromatic nitrogens is 1. The zero-order valence-electron chi connectivity index (χ0n) is 9.93. The van der Waals surface area contributed by atoms with Crippen LogP contribution < -0.4 is 5.32 Å². The topological polar surface area (TPSA) is 79.3 Å². The van der Waals surface area contributed by atoms with Gasteiger partial charge < -0.3 is 10.4 Å². The van der Waals surface area contributed by atoms with Gasteiger partial charge in [-0.1, -0.05) is 6.07 Å². The molecule has 0 fully saturated rings. The quantitative estimate of drug-likeness (QED) is 0.843. The first-order valence-corrected chi connectivity index (χ1v) is 6.23. The Kier molecular flexibility index (Phi) is 4.09. The van der Waals surface area contributed by atoms with Crippen LogP contribution in [0, 0.1) is 5.95 Å². The van der Waals surface area contributed by atoms with Crippen molar-refractivity contribution < 1.29 is 19.1 Å². The van der Waals surface area contributed by atoms with Crippen molar-refractivity contribution in [1.29, 1.82) is 0 Å². The number of amides is 1. The molecule has 2 aromatic rings. The number of para-hydroxylation sites is 1. The maximum absolute atomic E-state index is 13.4. The highest BCUT2D eigenvalue weighted by Gasteiger charge is 2.18. The van der Waals surface area contributed by atoms with Crippen molar-refractivity contribution in [2.75, 3.05) is 5.32 Å².